The Hall–Kier alpha value is -1.43. The van der Waals surface area contributed by atoms with E-state index in [1.54, 1.807) is 6.07 Å². The van der Waals surface area contributed by atoms with Crippen LogP contribution in [0.3, 0.4) is 0 Å². The van der Waals surface area contributed by atoms with Crippen molar-refractivity contribution < 1.29 is 22.6 Å². The maximum absolute atomic E-state index is 12.3. The Balaban J connectivity index is 2.89. The second kappa shape index (κ2) is 8.12. The SMILES string of the molecule is CCNC(CCCC(F)(F)F)c1cccc(OC)c1OC. The first-order valence-corrected chi connectivity index (χ1v) is 6.94. The lowest BCUT2D eigenvalue weighted by atomic mass is 9.99. The van der Waals surface area contributed by atoms with Gasteiger partial charge in [0.2, 0.25) is 0 Å². The van der Waals surface area contributed by atoms with Crippen molar-refractivity contribution in [2.75, 3.05) is 20.8 Å². The van der Waals surface area contributed by atoms with Crippen LogP contribution >= 0.6 is 0 Å². The molecule has 1 aromatic carbocycles. The van der Waals surface area contributed by atoms with Gasteiger partial charge in [0.15, 0.2) is 11.5 Å². The van der Waals surface area contributed by atoms with E-state index in [9.17, 15) is 13.2 Å². The Morgan fingerprint density at radius 2 is 1.90 bits per heavy atom. The predicted molar refractivity (Wildman–Crippen MR) is 75.9 cm³/mol. The Bertz CT molecular complexity index is 435. The molecule has 1 aromatic rings. The van der Waals surface area contributed by atoms with Gasteiger partial charge in [-0.1, -0.05) is 19.1 Å². The lowest BCUT2D eigenvalue weighted by Crippen LogP contribution is -2.22. The van der Waals surface area contributed by atoms with Gasteiger partial charge >= 0.3 is 6.18 Å². The lowest BCUT2D eigenvalue weighted by Gasteiger charge is -2.22. The van der Waals surface area contributed by atoms with Gasteiger partial charge in [0.1, 0.15) is 0 Å². The van der Waals surface area contributed by atoms with Gasteiger partial charge in [-0.25, -0.2) is 0 Å². The summed E-state index contributed by atoms with van der Waals surface area (Å²) in [5, 5.41) is 3.21. The molecule has 6 heteroatoms. The summed E-state index contributed by atoms with van der Waals surface area (Å²) in [6.07, 6.45) is -4.44. The average Bonchev–Trinajstić information content (AvgIpc) is 2.44. The molecule has 1 atom stereocenters. The largest absolute Gasteiger partial charge is 0.493 e. The fourth-order valence-corrected chi connectivity index (χ4v) is 2.31. The third-order valence-electron chi connectivity index (χ3n) is 3.21. The fourth-order valence-electron chi connectivity index (χ4n) is 2.31. The fraction of sp³-hybridized carbons (Fsp3) is 0.600. The number of para-hydroxylation sites is 1. The molecule has 3 nitrogen and oxygen atoms in total. The predicted octanol–water partition coefficient (Wildman–Crippen LogP) is 4.09. The molecule has 0 saturated carbocycles. The molecule has 1 unspecified atom stereocenters. The Morgan fingerprint density at radius 1 is 1.19 bits per heavy atom. The zero-order valence-corrected chi connectivity index (χ0v) is 12.6. The molecule has 0 radical (unpaired) electrons. The minimum Gasteiger partial charge on any atom is -0.493 e. The molecule has 21 heavy (non-hydrogen) atoms. The third kappa shape index (κ3) is 5.46. The summed E-state index contributed by atoms with van der Waals surface area (Å²) in [6.45, 7) is 2.58. The molecule has 0 amide bonds. The second-order valence-corrected chi connectivity index (χ2v) is 4.70. The quantitative estimate of drug-likeness (QED) is 0.785. The van der Waals surface area contributed by atoms with Crippen LogP contribution in [0.2, 0.25) is 0 Å². The van der Waals surface area contributed by atoms with Crippen molar-refractivity contribution in [1.29, 1.82) is 0 Å². The van der Waals surface area contributed by atoms with E-state index in [0.29, 0.717) is 24.5 Å². The Kier molecular flexibility index (Phi) is 6.81. The van der Waals surface area contributed by atoms with E-state index in [2.05, 4.69) is 5.32 Å². The topological polar surface area (TPSA) is 30.5 Å². The van der Waals surface area contributed by atoms with Gasteiger partial charge in [-0.05, 0) is 25.5 Å². The molecule has 120 valence electrons. The van der Waals surface area contributed by atoms with Crippen molar-refractivity contribution in [1.82, 2.24) is 5.32 Å². The number of benzene rings is 1. The first-order chi connectivity index (χ1) is 9.92. The number of hydrogen-bond acceptors (Lipinski definition) is 3. The first kappa shape index (κ1) is 17.6. The van der Waals surface area contributed by atoms with Crippen LogP contribution in [-0.2, 0) is 0 Å². The summed E-state index contributed by atoms with van der Waals surface area (Å²) in [5.41, 5.74) is 0.820. The van der Waals surface area contributed by atoms with Crippen LogP contribution in [0.5, 0.6) is 11.5 Å². The van der Waals surface area contributed by atoms with Gasteiger partial charge in [0.05, 0.1) is 14.2 Å². The van der Waals surface area contributed by atoms with Gasteiger partial charge in [0.25, 0.3) is 0 Å². The first-order valence-electron chi connectivity index (χ1n) is 6.94. The highest BCUT2D eigenvalue weighted by molar-refractivity contribution is 5.48. The van der Waals surface area contributed by atoms with Gasteiger partial charge in [0, 0.05) is 18.0 Å². The number of ether oxygens (including phenoxy) is 2. The summed E-state index contributed by atoms with van der Waals surface area (Å²) in [4.78, 5) is 0. The van der Waals surface area contributed by atoms with Crippen LogP contribution in [0.15, 0.2) is 18.2 Å². The van der Waals surface area contributed by atoms with Crippen LogP contribution in [0.25, 0.3) is 0 Å². The monoisotopic (exact) mass is 305 g/mol. The molecule has 0 bridgehead atoms. The van der Waals surface area contributed by atoms with E-state index in [-0.39, 0.29) is 12.5 Å². The van der Waals surface area contributed by atoms with Crippen molar-refractivity contribution in [3.63, 3.8) is 0 Å². The van der Waals surface area contributed by atoms with E-state index >= 15 is 0 Å². The van der Waals surface area contributed by atoms with Crippen LogP contribution in [0, 0.1) is 0 Å². The van der Waals surface area contributed by atoms with Crippen molar-refractivity contribution in [2.24, 2.45) is 0 Å². The molecule has 0 aliphatic carbocycles. The highest BCUT2D eigenvalue weighted by Crippen LogP contribution is 2.36. The Morgan fingerprint density at radius 3 is 2.43 bits per heavy atom. The molecule has 0 saturated heterocycles. The molecule has 0 aliphatic rings. The summed E-state index contributed by atoms with van der Waals surface area (Å²) >= 11 is 0. The number of rotatable bonds is 8. The van der Waals surface area contributed by atoms with E-state index in [4.69, 9.17) is 9.47 Å². The smallest absolute Gasteiger partial charge is 0.389 e. The van der Waals surface area contributed by atoms with Crippen molar-refractivity contribution >= 4 is 0 Å². The Labute approximate surface area is 123 Å². The maximum Gasteiger partial charge on any atom is 0.389 e. The molecule has 0 aromatic heterocycles. The molecule has 0 spiro atoms. The summed E-state index contributed by atoms with van der Waals surface area (Å²) in [7, 11) is 3.06. The molecule has 0 fully saturated rings. The number of alkyl halides is 3. The lowest BCUT2D eigenvalue weighted by molar-refractivity contribution is -0.135. The highest BCUT2D eigenvalue weighted by atomic mass is 19.4. The molecule has 1 rings (SSSR count). The second-order valence-electron chi connectivity index (χ2n) is 4.70. The van der Waals surface area contributed by atoms with E-state index in [1.807, 2.05) is 19.1 Å². The molecule has 0 heterocycles. The van der Waals surface area contributed by atoms with Crippen LogP contribution < -0.4 is 14.8 Å². The number of methoxy groups -OCH3 is 2. The van der Waals surface area contributed by atoms with Crippen LogP contribution in [-0.4, -0.2) is 26.9 Å². The maximum atomic E-state index is 12.3. The molecular formula is C15H22F3NO2. The van der Waals surface area contributed by atoms with Gasteiger partial charge < -0.3 is 14.8 Å². The molecular weight excluding hydrogens is 283 g/mol. The van der Waals surface area contributed by atoms with E-state index < -0.39 is 12.6 Å². The third-order valence-corrected chi connectivity index (χ3v) is 3.21. The number of halogens is 3. The zero-order chi connectivity index (χ0) is 15.9. The van der Waals surface area contributed by atoms with Gasteiger partial charge in [-0.15, -0.1) is 0 Å². The van der Waals surface area contributed by atoms with E-state index in [0.717, 1.165) is 5.56 Å². The highest BCUT2D eigenvalue weighted by Gasteiger charge is 2.27. The number of hydrogen-bond donors (Lipinski definition) is 1. The minimum atomic E-state index is -4.12. The van der Waals surface area contributed by atoms with Gasteiger partial charge in [-0.3, -0.25) is 0 Å². The van der Waals surface area contributed by atoms with Gasteiger partial charge in [-0.2, -0.15) is 13.2 Å². The molecule has 1 N–H and O–H groups in total. The van der Waals surface area contributed by atoms with Crippen molar-refractivity contribution in [3.8, 4) is 11.5 Å². The summed E-state index contributed by atoms with van der Waals surface area (Å²) < 4.78 is 47.5. The normalized spacial score (nSPS) is 13.0. The minimum absolute atomic E-state index is 0.0710. The number of nitrogens with one attached hydrogen (secondary N) is 1. The van der Waals surface area contributed by atoms with Crippen LogP contribution in [0.4, 0.5) is 13.2 Å². The zero-order valence-electron chi connectivity index (χ0n) is 12.6. The van der Waals surface area contributed by atoms with Crippen molar-refractivity contribution in [2.45, 2.75) is 38.4 Å². The average molecular weight is 305 g/mol. The van der Waals surface area contributed by atoms with E-state index in [1.165, 1.54) is 14.2 Å². The van der Waals surface area contributed by atoms with Crippen molar-refractivity contribution in [3.05, 3.63) is 23.8 Å². The standard InChI is InChI=1S/C15H22F3NO2/c1-4-19-12(8-6-10-15(16,17)18)11-7-5-9-13(20-2)14(11)21-3/h5,7,9,12,19H,4,6,8,10H2,1-3H3. The molecule has 0 aliphatic heterocycles. The summed E-state index contributed by atoms with van der Waals surface area (Å²) in [6, 6.07) is 5.23. The summed E-state index contributed by atoms with van der Waals surface area (Å²) in [5.74, 6) is 1.15. The van der Waals surface area contributed by atoms with Crippen LogP contribution in [0.1, 0.15) is 37.8 Å².